The maximum atomic E-state index is 10.5. The first-order valence-corrected chi connectivity index (χ1v) is 5.38. The summed E-state index contributed by atoms with van der Waals surface area (Å²) in [4.78, 5) is 10.5. The number of ether oxygens (including phenoxy) is 2. The molecule has 0 saturated heterocycles. The van der Waals surface area contributed by atoms with Crippen LogP contribution in [-0.4, -0.2) is 30.8 Å². The molecule has 5 nitrogen and oxygen atoms in total. The number of aliphatic carboxylic acids is 1. The zero-order chi connectivity index (χ0) is 12.4. The lowest BCUT2D eigenvalue weighted by molar-refractivity contribution is -0.144. The summed E-state index contributed by atoms with van der Waals surface area (Å²) in [5.74, 6) is -0.300. The quantitative estimate of drug-likeness (QED) is 0.806. The van der Waals surface area contributed by atoms with E-state index in [4.69, 9.17) is 20.3 Å². The van der Waals surface area contributed by atoms with Crippen molar-refractivity contribution in [3.05, 3.63) is 29.3 Å². The first-order valence-electron chi connectivity index (χ1n) is 5.38. The normalized spacial score (nSPS) is 22.2. The van der Waals surface area contributed by atoms with Crippen LogP contribution in [0.2, 0.25) is 0 Å². The average molecular weight is 237 g/mol. The van der Waals surface area contributed by atoms with Crippen LogP contribution in [-0.2, 0) is 16.0 Å². The van der Waals surface area contributed by atoms with E-state index in [1.165, 1.54) is 0 Å². The second-order valence-electron chi connectivity index (χ2n) is 4.03. The molecule has 1 aromatic rings. The van der Waals surface area contributed by atoms with Gasteiger partial charge in [0.1, 0.15) is 18.5 Å². The van der Waals surface area contributed by atoms with E-state index in [1.54, 1.807) is 7.11 Å². The van der Waals surface area contributed by atoms with Crippen LogP contribution in [0, 0.1) is 0 Å². The highest BCUT2D eigenvalue weighted by atomic mass is 16.5. The molecule has 0 heterocycles. The van der Waals surface area contributed by atoms with E-state index in [0.717, 1.165) is 11.1 Å². The zero-order valence-corrected chi connectivity index (χ0v) is 9.55. The van der Waals surface area contributed by atoms with Crippen LogP contribution in [0.1, 0.15) is 17.2 Å². The van der Waals surface area contributed by atoms with Crippen molar-refractivity contribution in [3.63, 3.8) is 0 Å². The van der Waals surface area contributed by atoms with Gasteiger partial charge in [0.05, 0.1) is 7.11 Å². The van der Waals surface area contributed by atoms with E-state index in [1.807, 2.05) is 18.2 Å². The van der Waals surface area contributed by atoms with Crippen LogP contribution in [0.5, 0.6) is 5.75 Å². The van der Waals surface area contributed by atoms with Gasteiger partial charge in [-0.1, -0.05) is 12.1 Å². The van der Waals surface area contributed by atoms with Gasteiger partial charge in [-0.05, 0) is 18.1 Å². The summed E-state index contributed by atoms with van der Waals surface area (Å²) in [5, 5.41) is 8.64. The molecule has 1 aromatic carbocycles. The molecule has 0 aromatic heterocycles. The second-order valence-corrected chi connectivity index (χ2v) is 4.03. The third-order valence-corrected chi connectivity index (χ3v) is 2.89. The Morgan fingerprint density at radius 3 is 3.00 bits per heavy atom. The third kappa shape index (κ3) is 2.25. The first-order chi connectivity index (χ1) is 8.13. The summed E-state index contributed by atoms with van der Waals surface area (Å²) in [6.45, 7) is -0.351. The number of benzene rings is 1. The number of carboxylic acid groups (broad SMARTS) is 1. The maximum Gasteiger partial charge on any atom is 0.329 e. The molecule has 0 bridgehead atoms. The van der Waals surface area contributed by atoms with Crippen LogP contribution in [0.25, 0.3) is 0 Å². The smallest absolute Gasteiger partial charge is 0.329 e. The van der Waals surface area contributed by atoms with Crippen molar-refractivity contribution in [2.75, 3.05) is 13.7 Å². The molecule has 0 radical (unpaired) electrons. The Morgan fingerprint density at radius 2 is 2.35 bits per heavy atom. The minimum absolute atomic E-state index is 0.222. The SMILES string of the molecule is COc1cccc2c1C(OCC(=O)O)C(N)C2. The van der Waals surface area contributed by atoms with Gasteiger partial charge < -0.3 is 20.3 Å². The van der Waals surface area contributed by atoms with Crippen molar-refractivity contribution in [1.82, 2.24) is 0 Å². The minimum Gasteiger partial charge on any atom is -0.496 e. The van der Waals surface area contributed by atoms with E-state index in [9.17, 15) is 4.79 Å². The zero-order valence-electron chi connectivity index (χ0n) is 9.55. The van der Waals surface area contributed by atoms with Gasteiger partial charge >= 0.3 is 5.97 Å². The lowest BCUT2D eigenvalue weighted by Crippen LogP contribution is -2.28. The Morgan fingerprint density at radius 1 is 1.59 bits per heavy atom. The van der Waals surface area contributed by atoms with Crippen LogP contribution < -0.4 is 10.5 Å². The number of fused-ring (bicyclic) bond motifs is 1. The number of hydrogen-bond acceptors (Lipinski definition) is 4. The lowest BCUT2D eigenvalue weighted by atomic mass is 10.1. The molecule has 17 heavy (non-hydrogen) atoms. The molecular weight excluding hydrogens is 222 g/mol. The molecule has 0 amide bonds. The van der Waals surface area contributed by atoms with Crippen molar-refractivity contribution in [3.8, 4) is 5.75 Å². The number of hydrogen-bond donors (Lipinski definition) is 2. The summed E-state index contributed by atoms with van der Waals surface area (Å²) in [6, 6.07) is 5.46. The van der Waals surface area contributed by atoms with E-state index >= 15 is 0 Å². The van der Waals surface area contributed by atoms with E-state index in [-0.39, 0.29) is 12.6 Å². The molecule has 1 aliphatic carbocycles. The number of rotatable bonds is 4. The number of methoxy groups -OCH3 is 1. The fourth-order valence-corrected chi connectivity index (χ4v) is 2.21. The summed E-state index contributed by atoms with van der Waals surface area (Å²) >= 11 is 0. The van der Waals surface area contributed by atoms with Gasteiger partial charge in [0, 0.05) is 11.6 Å². The fraction of sp³-hybridized carbons (Fsp3) is 0.417. The molecular formula is C12H15NO4. The maximum absolute atomic E-state index is 10.5. The Hall–Kier alpha value is -1.59. The van der Waals surface area contributed by atoms with E-state index < -0.39 is 12.1 Å². The molecule has 2 rings (SSSR count). The van der Waals surface area contributed by atoms with Crippen molar-refractivity contribution >= 4 is 5.97 Å². The standard InChI is InChI=1S/C12H15NO4/c1-16-9-4-2-3-7-5-8(13)12(11(7)9)17-6-10(14)15/h2-4,8,12H,5-6,13H2,1H3,(H,14,15). The Labute approximate surface area is 99.1 Å². The molecule has 92 valence electrons. The van der Waals surface area contributed by atoms with Crippen molar-refractivity contribution in [2.24, 2.45) is 5.73 Å². The Kier molecular flexibility index (Phi) is 3.31. The number of nitrogens with two attached hydrogens (primary N) is 1. The molecule has 0 spiro atoms. The highest BCUT2D eigenvalue weighted by Crippen LogP contribution is 2.39. The predicted octanol–water partition coefficient (Wildman–Crippen LogP) is 0.721. The van der Waals surface area contributed by atoms with Gasteiger partial charge in [-0.2, -0.15) is 0 Å². The summed E-state index contributed by atoms with van der Waals surface area (Å²) < 4.78 is 10.6. The first kappa shape index (κ1) is 11.9. The molecule has 3 N–H and O–H groups in total. The Balaban J connectivity index is 2.28. The highest BCUT2D eigenvalue weighted by Gasteiger charge is 2.33. The topological polar surface area (TPSA) is 81.8 Å². The highest BCUT2D eigenvalue weighted by molar-refractivity contribution is 5.68. The van der Waals surface area contributed by atoms with Crippen molar-refractivity contribution in [1.29, 1.82) is 0 Å². The van der Waals surface area contributed by atoms with E-state index in [0.29, 0.717) is 12.2 Å². The Bertz CT molecular complexity index is 433. The summed E-state index contributed by atoms with van der Waals surface area (Å²) in [6.07, 6.45) is 0.272. The van der Waals surface area contributed by atoms with Gasteiger partial charge in [-0.25, -0.2) is 4.79 Å². The average Bonchev–Trinajstić information content (AvgIpc) is 2.61. The number of carbonyl (C=O) groups is 1. The monoisotopic (exact) mass is 237 g/mol. The minimum atomic E-state index is -0.999. The number of carboxylic acids is 1. The molecule has 0 fully saturated rings. The molecule has 2 atom stereocenters. The molecule has 0 aliphatic heterocycles. The largest absolute Gasteiger partial charge is 0.496 e. The molecule has 2 unspecified atom stereocenters. The van der Waals surface area contributed by atoms with Gasteiger partial charge in [-0.15, -0.1) is 0 Å². The van der Waals surface area contributed by atoms with Crippen LogP contribution >= 0.6 is 0 Å². The lowest BCUT2D eigenvalue weighted by Gasteiger charge is -2.18. The van der Waals surface area contributed by atoms with Gasteiger partial charge in [0.2, 0.25) is 0 Å². The van der Waals surface area contributed by atoms with Crippen LogP contribution in [0.4, 0.5) is 0 Å². The fourth-order valence-electron chi connectivity index (χ4n) is 2.21. The van der Waals surface area contributed by atoms with Crippen molar-refractivity contribution < 1.29 is 19.4 Å². The molecule has 1 aliphatic rings. The van der Waals surface area contributed by atoms with Gasteiger partial charge in [0.15, 0.2) is 0 Å². The van der Waals surface area contributed by atoms with Crippen LogP contribution in [0.3, 0.4) is 0 Å². The second kappa shape index (κ2) is 4.73. The van der Waals surface area contributed by atoms with Gasteiger partial charge in [0.25, 0.3) is 0 Å². The summed E-state index contributed by atoms with van der Waals surface area (Å²) in [5.41, 5.74) is 7.91. The predicted molar refractivity (Wildman–Crippen MR) is 61.0 cm³/mol. The molecule has 0 saturated carbocycles. The van der Waals surface area contributed by atoms with Gasteiger partial charge in [-0.3, -0.25) is 0 Å². The summed E-state index contributed by atoms with van der Waals surface area (Å²) in [7, 11) is 1.58. The van der Waals surface area contributed by atoms with Crippen molar-refractivity contribution in [2.45, 2.75) is 18.6 Å². The van der Waals surface area contributed by atoms with Crippen LogP contribution in [0.15, 0.2) is 18.2 Å². The third-order valence-electron chi connectivity index (χ3n) is 2.89. The molecule has 5 heteroatoms. The van der Waals surface area contributed by atoms with E-state index in [2.05, 4.69) is 0 Å².